The van der Waals surface area contributed by atoms with Gasteiger partial charge in [0.1, 0.15) is 0 Å². The number of hydrogen-bond acceptors (Lipinski definition) is 0. The second-order valence-corrected chi connectivity index (χ2v) is 5.22. The minimum Gasteiger partial charge on any atom is -0.214 e. The predicted octanol–water partition coefficient (Wildman–Crippen LogP) is 0.725. The van der Waals surface area contributed by atoms with Gasteiger partial charge in [-0.3, -0.25) is 0 Å². The van der Waals surface area contributed by atoms with Gasteiger partial charge in [0.25, 0.3) is 0 Å². The first-order valence-electron chi connectivity index (χ1n) is 5.99. The van der Waals surface area contributed by atoms with Crippen molar-refractivity contribution in [1.82, 2.24) is 0 Å². The van der Waals surface area contributed by atoms with Gasteiger partial charge >= 0.3 is 18.9 Å². The van der Waals surface area contributed by atoms with Crippen LogP contribution < -0.4 is 29.5 Å². The van der Waals surface area contributed by atoms with E-state index in [1.54, 1.807) is 0 Å². The van der Waals surface area contributed by atoms with E-state index in [0.29, 0.717) is 0 Å². The van der Waals surface area contributed by atoms with Crippen molar-refractivity contribution in [3.05, 3.63) is 91.0 Å². The summed E-state index contributed by atoms with van der Waals surface area (Å²) in [6, 6.07) is 31.2. The van der Waals surface area contributed by atoms with Gasteiger partial charge in [0.05, 0.1) is 0 Å². The van der Waals surface area contributed by atoms with Gasteiger partial charge in [-0.25, -0.2) is 12.1 Å². The zero-order valence-corrected chi connectivity index (χ0v) is 12.2. The van der Waals surface area contributed by atoms with Crippen LogP contribution in [0.15, 0.2) is 91.0 Å². The molecule has 0 radical (unpaired) electrons. The van der Waals surface area contributed by atoms with E-state index in [2.05, 4.69) is 60.7 Å². The number of benzene rings is 2. The molecule has 0 fully saturated rings. The van der Waals surface area contributed by atoms with Crippen molar-refractivity contribution in [1.29, 1.82) is 0 Å². The molecule has 0 N–H and O–H groups in total. The van der Waals surface area contributed by atoms with Crippen molar-refractivity contribution in [3.8, 4) is 0 Å². The first-order valence-corrected chi connectivity index (χ1v) is 6.99. The van der Waals surface area contributed by atoms with Crippen LogP contribution in [0.3, 0.4) is 0 Å². The first kappa shape index (κ1) is 15.9. The number of rotatable bonds is 2. The molecule has 0 aliphatic heterocycles. The second kappa shape index (κ2) is 9.71. The van der Waals surface area contributed by atoms with Gasteiger partial charge in [-0.2, -0.15) is 18.2 Å². The summed E-state index contributed by atoms with van der Waals surface area (Å²) in [5.74, 6) is 0. The topological polar surface area (TPSA) is 0 Å². The molecule has 0 saturated carbocycles. The Bertz CT molecular complexity index is 463. The fraction of sp³-hybridized carbons (Fsp3) is 0. The van der Waals surface area contributed by atoms with Crippen molar-refractivity contribution in [2.24, 2.45) is 0 Å². The Labute approximate surface area is 129 Å². The Kier molecular flexibility index (Phi) is 8.11. The molecule has 3 rings (SSSR count). The van der Waals surface area contributed by atoms with E-state index >= 15 is 0 Å². The quantitative estimate of drug-likeness (QED) is 0.361. The average Bonchev–Trinajstić information content (AvgIpc) is 3.00. The van der Waals surface area contributed by atoms with Crippen LogP contribution in [0.25, 0.3) is 0 Å². The molecule has 0 aliphatic carbocycles. The Morgan fingerprint density at radius 2 is 1.00 bits per heavy atom. The molecule has 3 aromatic carbocycles. The van der Waals surface area contributed by atoms with Crippen molar-refractivity contribution in [2.75, 3.05) is 0 Å². The minimum atomic E-state index is 0. The average molecular weight is 258 g/mol. The maximum absolute atomic E-state index is 2.17. The molecule has 0 atom stereocenters. The van der Waals surface area contributed by atoms with Crippen LogP contribution in [0.5, 0.6) is 0 Å². The zero-order chi connectivity index (χ0) is 12.5. The smallest absolute Gasteiger partial charge is 0.214 e. The summed E-state index contributed by atoms with van der Waals surface area (Å²) in [7, 11) is 0.777. The zero-order valence-electron chi connectivity index (χ0n) is 11.2. The molecule has 0 bridgehead atoms. The molecule has 90 valence electrons. The van der Waals surface area contributed by atoms with E-state index < -0.39 is 0 Å². The summed E-state index contributed by atoms with van der Waals surface area (Å²) in [5.41, 5.74) is 0. The van der Waals surface area contributed by atoms with Crippen LogP contribution in [-0.4, -0.2) is 0 Å². The largest absolute Gasteiger partial charge is 1.00 e. The predicted molar refractivity (Wildman–Crippen MR) is 82.5 cm³/mol. The van der Waals surface area contributed by atoms with Crippen LogP contribution in [0, 0.1) is 0 Å². The maximum atomic E-state index is 2.17. The van der Waals surface area contributed by atoms with Gasteiger partial charge in [0, 0.05) is 0 Å². The van der Waals surface area contributed by atoms with Crippen LogP contribution >= 0.6 is 8.58 Å². The molecule has 0 unspecified atom stereocenters. The molecule has 2 heteroatoms. The molecule has 0 nitrogen and oxygen atoms in total. The summed E-state index contributed by atoms with van der Waals surface area (Å²) >= 11 is 0. The molecule has 0 aromatic heterocycles. The van der Waals surface area contributed by atoms with Gasteiger partial charge < -0.3 is 0 Å². The van der Waals surface area contributed by atoms with E-state index in [-0.39, 0.29) is 18.9 Å². The monoisotopic (exact) mass is 258 g/mol. The molecule has 0 heterocycles. The molecule has 0 aliphatic rings. The van der Waals surface area contributed by atoms with Gasteiger partial charge in [0.15, 0.2) is 0 Å². The molecular weight excluding hydrogens is 242 g/mol. The fourth-order valence-corrected chi connectivity index (χ4v) is 2.58. The van der Waals surface area contributed by atoms with Crippen LogP contribution in [0.4, 0.5) is 0 Å². The number of hydrogen-bond donors (Lipinski definition) is 0. The minimum absolute atomic E-state index is 0. The van der Waals surface area contributed by atoms with E-state index in [4.69, 9.17) is 0 Å². The van der Waals surface area contributed by atoms with E-state index in [0.717, 1.165) is 8.58 Å². The first-order chi connectivity index (χ1) is 8.95. The summed E-state index contributed by atoms with van der Waals surface area (Å²) in [5, 5.41) is 2.79. The Hall–Kier alpha value is -1.18. The Balaban J connectivity index is 0.000000256. The molecule has 0 amide bonds. The second-order valence-electron chi connectivity index (χ2n) is 3.82. The Morgan fingerprint density at radius 3 is 1.32 bits per heavy atom. The Morgan fingerprint density at radius 1 is 0.579 bits per heavy atom. The van der Waals surface area contributed by atoms with Crippen molar-refractivity contribution in [2.45, 2.75) is 0 Å². The molecule has 0 saturated heterocycles. The third-order valence-electron chi connectivity index (χ3n) is 2.39. The fourth-order valence-electron chi connectivity index (χ4n) is 1.53. The van der Waals surface area contributed by atoms with Crippen LogP contribution in [0.2, 0.25) is 0 Å². The summed E-state index contributed by atoms with van der Waals surface area (Å²) in [4.78, 5) is 0. The SMILES string of the molecule is [Li+].c1cc[cH-]c1.c1ccc(Pc2ccccc2)cc1. The van der Waals surface area contributed by atoms with Gasteiger partial charge in [-0.15, -0.1) is 0 Å². The van der Waals surface area contributed by atoms with Crippen LogP contribution in [0.1, 0.15) is 0 Å². The summed E-state index contributed by atoms with van der Waals surface area (Å²) < 4.78 is 0. The third-order valence-corrected chi connectivity index (χ3v) is 3.64. The molecular formula is C17H16LiP. The molecule has 3 aromatic rings. The summed E-state index contributed by atoms with van der Waals surface area (Å²) in [6.45, 7) is 0. The molecule has 19 heavy (non-hydrogen) atoms. The normalized spacial score (nSPS) is 8.84. The van der Waals surface area contributed by atoms with Gasteiger partial charge in [0.2, 0.25) is 0 Å². The molecule has 0 spiro atoms. The van der Waals surface area contributed by atoms with Crippen molar-refractivity contribution in [3.63, 3.8) is 0 Å². The van der Waals surface area contributed by atoms with E-state index in [9.17, 15) is 0 Å². The third kappa shape index (κ3) is 6.51. The van der Waals surface area contributed by atoms with E-state index in [1.807, 2.05) is 30.3 Å². The summed E-state index contributed by atoms with van der Waals surface area (Å²) in [6.07, 6.45) is 0. The van der Waals surface area contributed by atoms with Crippen molar-refractivity contribution < 1.29 is 18.9 Å². The van der Waals surface area contributed by atoms with Gasteiger partial charge in [-0.1, -0.05) is 69.2 Å². The van der Waals surface area contributed by atoms with E-state index in [1.165, 1.54) is 10.6 Å². The standard InChI is InChI=1S/C12H11P.C5H5.Li/c1-3-7-11(8-4-1)13-12-9-5-2-6-10-12;1-2-4-5-3-1;/h1-10,13H;1-5H;/q;-1;+1. The van der Waals surface area contributed by atoms with Gasteiger partial charge in [-0.05, 0) is 10.6 Å². The van der Waals surface area contributed by atoms with Crippen LogP contribution in [-0.2, 0) is 0 Å². The maximum Gasteiger partial charge on any atom is 1.00 e. The van der Waals surface area contributed by atoms with Crippen molar-refractivity contribution >= 4 is 19.2 Å².